The van der Waals surface area contributed by atoms with E-state index in [2.05, 4.69) is 60.6 Å². The van der Waals surface area contributed by atoms with Gasteiger partial charge in [0, 0.05) is 0 Å². The van der Waals surface area contributed by atoms with Gasteiger partial charge in [-0.05, 0) is 114 Å². The van der Waals surface area contributed by atoms with Crippen LogP contribution in [0.2, 0.25) is 0 Å². The van der Waals surface area contributed by atoms with Crippen LogP contribution in [-0.2, 0) is 0 Å². The molecule has 1 unspecified atom stereocenters. The van der Waals surface area contributed by atoms with Crippen LogP contribution in [0.5, 0.6) is 0 Å². The normalized spacial score (nSPS) is 34.0. The lowest BCUT2D eigenvalue weighted by Gasteiger charge is -2.55. The highest BCUT2D eigenvalue weighted by Crippen LogP contribution is 2.65. The van der Waals surface area contributed by atoms with Gasteiger partial charge >= 0.3 is 0 Å². The third-order valence-corrected chi connectivity index (χ3v) is 9.14. The lowest BCUT2D eigenvalue weighted by Crippen LogP contribution is -2.45. The van der Waals surface area contributed by atoms with Gasteiger partial charge in [0.2, 0.25) is 0 Å². The van der Waals surface area contributed by atoms with E-state index < -0.39 is 0 Å². The summed E-state index contributed by atoms with van der Waals surface area (Å²) in [5, 5.41) is 0. The first-order chi connectivity index (χ1) is 13.6. The number of allylic oxidation sites excluding steroid dienone is 6. The van der Waals surface area contributed by atoms with E-state index in [4.69, 9.17) is 0 Å². The minimum atomic E-state index is 0.495. The van der Waals surface area contributed by atoms with Gasteiger partial charge in [-0.25, -0.2) is 0 Å². The monoisotopic (exact) mass is 396 g/mol. The summed E-state index contributed by atoms with van der Waals surface area (Å²) < 4.78 is 0. The maximum absolute atomic E-state index is 2.65. The fourth-order valence-corrected chi connectivity index (χ4v) is 7.44. The van der Waals surface area contributed by atoms with E-state index in [1.165, 1.54) is 82.6 Å². The Bertz CT molecular complexity index is 681. The molecular formula is C29H48. The van der Waals surface area contributed by atoms with Gasteiger partial charge in [0.15, 0.2) is 0 Å². The van der Waals surface area contributed by atoms with Crippen LogP contribution in [0.3, 0.4) is 0 Å². The van der Waals surface area contributed by atoms with E-state index in [9.17, 15) is 0 Å². The molecule has 0 aromatic carbocycles. The highest BCUT2D eigenvalue weighted by molar-refractivity contribution is 5.36. The van der Waals surface area contributed by atoms with Crippen molar-refractivity contribution >= 4 is 0 Å². The predicted octanol–water partition coefficient (Wildman–Crippen LogP) is 9.57. The molecule has 0 nitrogen and oxygen atoms in total. The maximum Gasteiger partial charge on any atom is -0.00801 e. The second-order valence-corrected chi connectivity index (χ2v) is 12.1. The van der Waals surface area contributed by atoms with E-state index in [-0.39, 0.29) is 0 Å². The van der Waals surface area contributed by atoms with Crippen LogP contribution in [0.1, 0.15) is 126 Å². The van der Waals surface area contributed by atoms with Crippen molar-refractivity contribution in [1.29, 1.82) is 0 Å². The van der Waals surface area contributed by atoms with Gasteiger partial charge < -0.3 is 0 Å². The number of hydrogen-bond donors (Lipinski definition) is 0. The summed E-state index contributed by atoms with van der Waals surface area (Å²) in [7, 11) is 0. The molecule has 0 amide bonds. The zero-order valence-electron chi connectivity index (χ0n) is 20.7. The minimum absolute atomic E-state index is 0.495. The second kappa shape index (κ2) is 8.76. The summed E-state index contributed by atoms with van der Waals surface area (Å²) in [6.07, 6.45) is 21.3. The number of hydrogen-bond acceptors (Lipinski definition) is 0. The van der Waals surface area contributed by atoms with Crippen LogP contribution < -0.4 is 0 Å². The molecule has 0 heterocycles. The summed E-state index contributed by atoms with van der Waals surface area (Å²) in [5.41, 5.74) is 8.41. The number of unbranched alkanes of at least 4 members (excludes halogenated alkanes) is 1. The first-order valence-electron chi connectivity index (χ1n) is 12.6. The highest BCUT2D eigenvalue weighted by atomic mass is 14.6. The van der Waals surface area contributed by atoms with E-state index in [1.54, 1.807) is 5.57 Å². The molecule has 1 saturated carbocycles. The minimum Gasteiger partial charge on any atom is -0.0856 e. The lowest BCUT2D eigenvalue weighted by molar-refractivity contribution is 0.0111. The molecule has 0 bridgehead atoms. The molecule has 0 radical (unpaired) electrons. The fourth-order valence-electron chi connectivity index (χ4n) is 7.44. The van der Waals surface area contributed by atoms with Crippen molar-refractivity contribution in [2.45, 2.75) is 126 Å². The maximum atomic E-state index is 2.65. The van der Waals surface area contributed by atoms with Crippen molar-refractivity contribution in [3.8, 4) is 0 Å². The van der Waals surface area contributed by atoms with Crippen LogP contribution in [0, 0.1) is 22.2 Å². The number of rotatable bonds is 7. The van der Waals surface area contributed by atoms with Crippen molar-refractivity contribution in [2.75, 3.05) is 0 Å². The van der Waals surface area contributed by atoms with Crippen LogP contribution in [0.4, 0.5) is 0 Å². The van der Waals surface area contributed by atoms with Crippen LogP contribution >= 0.6 is 0 Å². The second-order valence-electron chi connectivity index (χ2n) is 12.1. The Morgan fingerprint density at radius 2 is 1.66 bits per heavy atom. The van der Waals surface area contributed by atoms with E-state index in [0.717, 1.165) is 5.92 Å². The van der Waals surface area contributed by atoms with Gasteiger partial charge in [-0.3, -0.25) is 0 Å². The molecule has 3 aliphatic rings. The summed E-state index contributed by atoms with van der Waals surface area (Å²) in [6, 6.07) is 0. The molecule has 0 spiro atoms. The molecule has 1 fully saturated rings. The molecule has 0 N–H and O–H groups in total. The summed E-state index contributed by atoms with van der Waals surface area (Å²) in [4.78, 5) is 0. The number of fused-ring (bicyclic) bond motifs is 2. The quantitative estimate of drug-likeness (QED) is 0.297. The molecule has 0 saturated heterocycles. The van der Waals surface area contributed by atoms with Gasteiger partial charge in [-0.2, -0.15) is 0 Å². The molecule has 29 heavy (non-hydrogen) atoms. The van der Waals surface area contributed by atoms with Gasteiger partial charge in [0.25, 0.3) is 0 Å². The van der Waals surface area contributed by atoms with E-state index in [0.29, 0.717) is 16.2 Å². The zero-order chi connectivity index (χ0) is 21.3. The van der Waals surface area contributed by atoms with Crippen LogP contribution in [-0.4, -0.2) is 0 Å². The summed E-state index contributed by atoms with van der Waals surface area (Å²) >= 11 is 0. The molecule has 3 rings (SSSR count). The van der Waals surface area contributed by atoms with Crippen LogP contribution in [0.15, 0.2) is 34.4 Å². The van der Waals surface area contributed by atoms with Crippen molar-refractivity contribution < 1.29 is 0 Å². The fraction of sp³-hybridized carbons (Fsp3) is 0.793. The van der Waals surface area contributed by atoms with Crippen molar-refractivity contribution in [3.05, 3.63) is 34.4 Å². The Hall–Kier alpha value is -0.780. The molecule has 0 aromatic heterocycles. The Morgan fingerprint density at radius 1 is 0.897 bits per heavy atom. The average molecular weight is 397 g/mol. The molecule has 0 heteroatoms. The Balaban J connectivity index is 1.61. The van der Waals surface area contributed by atoms with Crippen LogP contribution in [0.25, 0.3) is 0 Å². The van der Waals surface area contributed by atoms with Crippen molar-refractivity contribution in [1.82, 2.24) is 0 Å². The topological polar surface area (TPSA) is 0 Å². The third kappa shape index (κ3) is 4.77. The zero-order valence-corrected chi connectivity index (χ0v) is 20.7. The molecule has 3 aliphatic carbocycles. The average Bonchev–Trinajstić information content (AvgIpc) is 2.96. The van der Waals surface area contributed by atoms with E-state index in [1.807, 2.05) is 11.1 Å². The standard InChI is InChI=1S/C29H48/c1-22(2)12-10-14-23(3)13-8-9-19-28(6)21-17-25-24(28)15-16-26-27(4,5)18-11-20-29(25,26)7/h12-13,26H,8-11,14-21H2,1-7H3/b23-13+/t26?,28-,29+/m0/s1. The van der Waals surface area contributed by atoms with Gasteiger partial charge in [-0.15, -0.1) is 0 Å². The van der Waals surface area contributed by atoms with Gasteiger partial charge in [0.05, 0.1) is 0 Å². The van der Waals surface area contributed by atoms with Gasteiger partial charge in [0.1, 0.15) is 0 Å². The Labute approximate surface area is 182 Å². The van der Waals surface area contributed by atoms with Crippen molar-refractivity contribution in [2.24, 2.45) is 22.2 Å². The molecule has 0 aromatic rings. The first-order valence-corrected chi connectivity index (χ1v) is 12.6. The Kier molecular flexibility index (Phi) is 6.92. The Morgan fingerprint density at radius 3 is 2.38 bits per heavy atom. The van der Waals surface area contributed by atoms with Gasteiger partial charge in [-0.1, -0.05) is 68.6 Å². The summed E-state index contributed by atoms with van der Waals surface area (Å²) in [5.74, 6) is 0.913. The molecule has 0 aliphatic heterocycles. The largest absolute Gasteiger partial charge is 0.0856 e. The highest BCUT2D eigenvalue weighted by Gasteiger charge is 2.54. The van der Waals surface area contributed by atoms with E-state index >= 15 is 0 Å². The SMILES string of the molecule is CC(C)=CCC/C(C)=C/CCC[C@@]1(C)CCC2=C1CCC1C(C)(C)CCC[C@]21C. The molecule has 3 atom stereocenters. The third-order valence-electron chi connectivity index (χ3n) is 9.14. The lowest BCUT2D eigenvalue weighted by atomic mass is 9.50. The first kappa shape index (κ1) is 22.9. The summed E-state index contributed by atoms with van der Waals surface area (Å²) in [6.45, 7) is 17.1. The smallest absolute Gasteiger partial charge is 0.00801 e. The molecule has 164 valence electrons. The molecular weight excluding hydrogens is 348 g/mol. The van der Waals surface area contributed by atoms with Crippen molar-refractivity contribution in [3.63, 3.8) is 0 Å². The predicted molar refractivity (Wildman–Crippen MR) is 129 cm³/mol.